The summed E-state index contributed by atoms with van der Waals surface area (Å²) in [5.41, 5.74) is 5.90. The van der Waals surface area contributed by atoms with Crippen molar-refractivity contribution in [2.45, 2.75) is 96.6 Å². The number of nitrogens with one attached hydrogen (secondary N) is 2. The van der Waals surface area contributed by atoms with Crippen molar-refractivity contribution in [3.05, 3.63) is 82.4 Å². The van der Waals surface area contributed by atoms with E-state index in [9.17, 15) is 14.7 Å². The summed E-state index contributed by atoms with van der Waals surface area (Å²) in [5, 5.41) is 18.3. The van der Waals surface area contributed by atoms with Gasteiger partial charge in [-0.2, -0.15) is 0 Å². The van der Waals surface area contributed by atoms with E-state index in [-0.39, 0.29) is 29.9 Å². The van der Waals surface area contributed by atoms with Crippen molar-refractivity contribution in [1.82, 2.24) is 15.5 Å². The summed E-state index contributed by atoms with van der Waals surface area (Å²) in [6.45, 7) is 9.03. The van der Waals surface area contributed by atoms with Crippen molar-refractivity contribution in [2.75, 3.05) is 20.2 Å². The zero-order valence-electron chi connectivity index (χ0n) is 25.9. The van der Waals surface area contributed by atoms with E-state index in [2.05, 4.69) is 43.5 Å². The van der Waals surface area contributed by atoms with Gasteiger partial charge in [0.15, 0.2) is 0 Å². The van der Waals surface area contributed by atoms with E-state index >= 15 is 0 Å². The highest BCUT2D eigenvalue weighted by Gasteiger charge is 2.35. The van der Waals surface area contributed by atoms with Crippen LogP contribution in [0.5, 0.6) is 0 Å². The first kappa shape index (κ1) is 31.9. The van der Waals surface area contributed by atoms with Crippen LogP contribution in [0.25, 0.3) is 0 Å². The number of fused-ring (bicyclic) bond motifs is 5. The molecule has 0 spiro atoms. The Kier molecular flexibility index (Phi) is 11.4. The summed E-state index contributed by atoms with van der Waals surface area (Å²) < 4.78 is 6.37. The third-order valence-electron chi connectivity index (χ3n) is 8.82. The molecule has 2 aromatic carbocycles. The maximum atomic E-state index is 13.8. The lowest BCUT2D eigenvalue weighted by atomic mass is 9.98. The zero-order chi connectivity index (χ0) is 30.2. The van der Waals surface area contributed by atoms with Crippen molar-refractivity contribution in [1.29, 1.82) is 0 Å². The molecule has 0 fully saturated rings. The number of nitrogens with zero attached hydrogens (tertiary/aromatic N) is 1. The lowest BCUT2D eigenvalue weighted by molar-refractivity contribution is -0.142. The minimum Gasteiger partial charge on any atom is -0.390 e. The molecule has 1 aliphatic heterocycles. The van der Waals surface area contributed by atoms with Gasteiger partial charge in [-0.1, -0.05) is 86.9 Å². The monoisotopic (exact) mass is 575 g/mol. The molecule has 7 heteroatoms. The number of β-amino-alcohol motifs (C(OH)–C–C–N with tert-alkyl or cyclic N) is 1. The van der Waals surface area contributed by atoms with Gasteiger partial charge in [0.25, 0.3) is 0 Å². The number of ether oxygens (including phenoxy) is 1. The number of likely N-dealkylation sites (N-methyl/N-ethyl adjacent to an activating group) is 1. The topological polar surface area (TPSA) is 90.9 Å². The van der Waals surface area contributed by atoms with Crippen LogP contribution in [0.3, 0.4) is 0 Å². The van der Waals surface area contributed by atoms with Gasteiger partial charge in [-0.15, -0.1) is 0 Å². The fourth-order valence-corrected chi connectivity index (χ4v) is 6.42. The molecule has 6 atom stereocenters. The molecule has 3 N–H and O–H groups in total. The van der Waals surface area contributed by atoms with E-state index < -0.39 is 18.2 Å². The van der Waals surface area contributed by atoms with Crippen molar-refractivity contribution < 1.29 is 19.4 Å². The first-order valence-electron chi connectivity index (χ1n) is 15.6. The van der Waals surface area contributed by atoms with E-state index in [1.165, 1.54) is 22.3 Å². The third kappa shape index (κ3) is 7.88. The van der Waals surface area contributed by atoms with Crippen molar-refractivity contribution in [3.63, 3.8) is 0 Å². The molecule has 0 radical (unpaired) electrons. The molecule has 2 aliphatic rings. The second-order valence-corrected chi connectivity index (χ2v) is 12.2. The van der Waals surface area contributed by atoms with Crippen molar-refractivity contribution >= 4 is 11.8 Å². The van der Waals surface area contributed by atoms with Crippen LogP contribution >= 0.6 is 0 Å². The van der Waals surface area contributed by atoms with Gasteiger partial charge in [-0.3, -0.25) is 9.59 Å². The predicted octanol–water partition coefficient (Wildman–Crippen LogP) is 5.10. The molecule has 0 saturated heterocycles. The first-order chi connectivity index (χ1) is 20.2. The summed E-state index contributed by atoms with van der Waals surface area (Å²) in [4.78, 5) is 28.8. The fraction of sp³-hybridized carbons (Fsp3) is 0.543. The molecule has 2 amide bonds. The number of aliphatic hydroxyl groups is 1. The van der Waals surface area contributed by atoms with Gasteiger partial charge in [0.2, 0.25) is 11.8 Å². The largest absolute Gasteiger partial charge is 0.390 e. The van der Waals surface area contributed by atoms with Crippen LogP contribution in [0.1, 0.15) is 85.9 Å². The number of amides is 2. The smallest absolute Gasteiger partial charge is 0.243 e. The molecule has 2 aromatic rings. The minimum absolute atomic E-state index is 0.0346. The summed E-state index contributed by atoms with van der Waals surface area (Å²) in [6.07, 6.45) is 7.43. The van der Waals surface area contributed by atoms with E-state index in [0.717, 1.165) is 31.2 Å². The van der Waals surface area contributed by atoms with Gasteiger partial charge < -0.3 is 25.4 Å². The van der Waals surface area contributed by atoms with Gasteiger partial charge in [-0.25, -0.2) is 0 Å². The van der Waals surface area contributed by atoms with Crippen LogP contribution in [-0.2, 0) is 20.7 Å². The number of hydrogen-bond donors (Lipinski definition) is 3. The quantitative estimate of drug-likeness (QED) is 0.400. The summed E-state index contributed by atoms with van der Waals surface area (Å²) in [5.74, 6) is -0.455. The molecule has 4 rings (SSSR count). The van der Waals surface area contributed by atoms with Crippen LogP contribution in [0, 0.1) is 19.8 Å². The Morgan fingerprint density at radius 3 is 2.67 bits per heavy atom. The minimum atomic E-state index is -0.839. The van der Waals surface area contributed by atoms with Crippen LogP contribution < -0.4 is 10.6 Å². The van der Waals surface area contributed by atoms with Gasteiger partial charge in [-0.05, 0) is 61.8 Å². The highest BCUT2D eigenvalue weighted by Crippen LogP contribution is 2.43. The van der Waals surface area contributed by atoms with Crippen molar-refractivity contribution in [3.8, 4) is 0 Å². The molecule has 42 heavy (non-hydrogen) atoms. The van der Waals surface area contributed by atoms with E-state index in [1.807, 2.05) is 49.4 Å². The number of benzene rings is 2. The Bertz CT molecular complexity index is 1230. The number of unbranched alkanes of at least 4 members (excludes halogenated alkanes) is 1. The van der Waals surface area contributed by atoms with E-state index in [0.29, 0.717) is 26.0 Å². The lowest BCUT2D eigenvalue weighted by Gasteiger charge is -2.32. The highest BCUT2D eigenvalue weighted by molar-refractivity contribution is 5.88. The zero-order valence-corrected chi connectivity index (χ0v) is 25.9. The van der Waals surface area contributed by atoms with Gasteiger partial charge in [0.05, 0.1) is 24.9 Å². The Balaban J connectivity index is 1.63. The van der Waals surface area contributed by atoms with Crippen LogP contribution in [0.2, 0.25) is 0 Å². The maximum Gasteiger partial charge on any atom is 0.243 e. The predicted molar refractivity (Wildman–Crippen MR) is 167 cm³/mol. The van der Waals surface area contributed by atoms with Gasteiger partial charge in [0.1, 0.15) is 6.04 Å². The van der Waals surface area contributed by atoms with Gasteiger partial charge in [0, 0.05) is 25.6 Å². The molecule has 228 valence electrons. The molecule has 0 aromatic heterocycles. The van der Waals surface area contributed by atoms with Crippen LogP contribution in [-0.4, -0.2) is 60.2 Å². The lowest BCUT2D eigenvalue weighted by Crippen LogP contribution is -2.55. The van der Waals surface area contributed by atoms with Crippen LogP contribution in [0.4, 0.5) is 0 Å². The standard InChI is InChI=1S/C35H49N3O4/c1-6-7-13-24(3)35(41)38(5)30-16-11-12-17-42-32-21-28(27-19-23(2)18-25(4)33(27)32)36-22-31(39)29(37-34(30)40)20-26-14-9-8-10-15-26/h8-12,14-15,18-19,24,28-32,36,39H,6-7,13,16-17,20-22H2,1-5H3,(H,37,40)/t24-,28-,29-,30-,31+,32+/m0/s1. The SMILES string of the molecule is CCCC[C@H](C)C(=O)N(C)[C@H]1CC=CCO[C@@H]2C[C@H](NC[C@@H](O)[C@H](Cc3ccccc3)NC1=O)c1cc(C)cc(C)c12. The normalized spacial score (nSPS) is 25.6. The maximum absolute atomic E-state index is 13.8. The number of rotatable bonds is 7. The fourth-order valence-electron chi connectivity index (χ4n) is 6.42. The number of aryl methyl sites for hydroxylation is 2. The second kappa shape index (κ2) is 14.9. The Labute approximate surface area is 251 Å². The average Bonchev–Trinajstić information content (AvgIpc) is 3.32. The van der Waals surface area contributed by atoms with Crippen molar-refractivity contribution in [2.24, 2.45) is 5.92 Å². The Morgan fingerprint density at radius 1 is 1.17 bits per heavy atom. The summed E-state index contributed by atoms with van der Waals surface area (Å²) in [7, 11) is 1.72. The Hall–Kier alpha value is -3.00. The Morgan fingerprint density at radius 2 is 1.93 bits per heavy atom. The first-order valence-corrected chi connectivity index (χ1v) is 15.6. The summed E-state index contributed by atoms with van der Waals surface area (Å²) in [6, 6.07) is 13.1. The second-order valence-electron chi connectivity index (χ2n) is 12.2. The number of aliphatic hydroxyl groups excluding tert-OH is 1. The highest BCUT2D eigenvalue weighted by atomic mass is 16.5. The molecule has 1 heterocycles. The number of carbonyl (C=O) groups is 2. The molecule has 0 saturated carbocycles. The van der Waals surface area contributed by atoms with Gasteiger partial charge >= 0.3 is 0 Å². The van der Waals surface area contributed by atoms with Crippen LogP contribution in [0.15, 0.2) is 54.6 Å². The molecule has 7 nitrogen and oxygen atoms in total. The number of carbonyl (C=O) groups excluding carboxylic acids is 2. The molecule has 0 unspecified atom stereocenters. The average molecular weight is 576 g/mol. The van der Waals surface area contributed by atoms with E-state index in [4.69, 9.17) is 4.74 Å². The van der Waals surface area contributed by atoms with E-state index in [1.54, 1.807) is 11.9 Å². The molecule has 1 aliphatic carbocycles. The third-order valence-corrected chi connectivity index (χ3v) is 8.82. The number of hydrogen-bond acceptors (Lipinski definition) is 5. The molecular formula is C35H49N3O4. The molecular weight excluding hydrogens is 526 g/mol. The molecule has 2 bridgehead atoms. The summed E-state index contributed by atoms with van der Waals surface area (Å²) >= 11 is 0.